The van der Waals surface area contributed by atoms with Crippen LogP contribution in [0.1, 0.15) is 19.8 Å². The van der Waals surface area contributed by atoms with Gasteiger partial charge in [0.2, 0.25) is 0 Å². The summed E-state index contributed by atoms with van der Waals surface area (Å²) in [5.74, 6) is 0. The summed E-state index contributed by atoms with van der Waals surface area (Å²) < 4.78 is 4.47. The first kappa shape index (κ1) is 12.1. The Labute approximate surface area is 79.4 Å². The first-order valence-electron chi connectivity index (χ1n) is 3.81. The van der Waals surface area contributed by atoms with E-state index in [0.29, 0.717) is 6.42 Å². The van der Waals surface area contributed by atoms with E-state index in [0.717, 1.165) is 6.42 Å². The average molecular weight is 206 g/mol. The third kappa shape index (κ3) is 8.24. The number of carboxylic acid groups (broad SMARTS) is 1. The number of unbranched alkanes of at least 4 members (excludes halogenated alkanes) is 1. The minimum atomic E-state index is -1.66. The highest BCUT2D eigenvalue weighted by Crippen LogP contribution is 1.92. The predicted molar refractivity (Wildman–Crippen MR) is 41.3 cm³/mol. The molecular formula is C6H10N2O6. The number of ether oxygens (including phenoxy) is 1. The third-order valence-corrected chi connectivity index (χ3v) is 0.985. The highest BCUT2D eigenvalue weighted by molar-refractivity contribution is 5.59. The predicted octanol–water partition coefficient (Wildman–Crippen LogP) is 1.92. The molecular weight excluding hydrogens is 196 g/mol. The molecule has 0 saturated heterocycles. The second kappa shape index (κ2) is 7.77. The van der Waals surface area contributed by atoms with Gasteiger partial charge in [-0.3, -0.25) is 9.68 Å². The second-order valence-corrected chi connectivity index (χ2v) is 2.06. The van der Waals surface area contributed by atoms with Crippen molar-refractivity contribution in [3.8, 4) is 0 Å². The zero-order valence-corrected chi connectivity index (χ0v) is 7.50. The molecule has 14 heavy (non-hydrogen) atoms. The van der Waals surface area contributed by atoms with Crippen LogP contribution in [0.15, 0.2) is 10.6 Å². The molecule has 0 aromatic carbocycles. The fourth-order valence-corrected chi connectivity index (χ4v) is 0.428. The number of nitrogens with zero attached hydrogens (tertiary/aromatic N) is 2. The Balaban J connectivity index is 3.43. The van der Waals surface area contributed by atoms with Gasteiger partial charge >= 0.3 is 12.3 Å². The molecule has 80 valence electrons. The normalized spacial score (nSPS) is 9.79. The van der Waals surface area contributed by atoms with E-state index in [-0.39, 0.29) is 6.61 Å². The van der Waals surface area contributed by atoms with Gasteiger partial charge in [-0.05, 0) is 6.42 Å². The van der Waals surface area contributed by atoms with Crippen LogP contribution in [0.2, 0.25) is 0 Å². The lowest BCUT2D eigenvalue weighted by molar-refractivity contribution is 0.0250. The number of hydrogen-bond donors (Lipinski definition) is 1. The van der Waals surface area contributed by atoms with E-state index in [4.69, 9.17) is 5.11 Å². The van der Waals surface area contributed by atoms with Crippen LogP contribution in [0.3, 0.4) is 0 Å². The smallest absolute Gasteiger partial charge is 0.448 e. The van der Waals surface area contributed by atoms with Crippen LogP contribution in [0.25, 0.3) is 0 Å². The van der Waals surface area contributed by atoms with Gasteiger partial charge in [-0.2, -0.15) is 0 Å². The monoisotopic (exact) mass is 206 g/mol. The summed E-state index contributed by atoms with van der Waals surface area (Å²) in [7, 11) is 0. The van der Waals surface area contributed by atoms with Crippen LogP contribution in [-0.4, -0.2) is 24.0 Å². The van der Waals surface area contributed by atoms with Crippen molar-refractivity contribution in [3.63, 3.8) is 0 Å². The van der Waals surface area contributed by atoms with Crippen LogP contribution >= 0.6 is 0 Å². The summed E-state index contributed by atoms with van der Waals surface area (Å²) in [6.07, 6.45) is -1.14. The molecule has 8 heteroatoms. The van der Waals surface area contributed by atoms with Crippen molar-refractivity contribution in [2.24, 2.45) is 10.6 Å². The molecule has 0 heterocycles. The molecule has 0 unspecified atom stereocenters. The maximum absolute atomic E-state index is 10.6. The van der Waals surface area contributed by atoms with Gasteiger partial charge < -0.3 is 9.84 Å². The third-order valence-electron chi connectivity index (χ3n) is 0.985. The highest BCUT2D eigenvalue weighted by Gasteiger charge is 2.02. The Bertz CT molecular complexity index is 216. The van der Waals surface area contributed by atoms with Gasteiger partial charge in [0.05, 0.1) is 17.2 Å². The molecule has 8 nitrogen and oxygen atoms in total. The highest BCUT2D eigenvalue weighted by atomic mass is 16.8. The van der Waals surface area contributed by atoms with E-state index in [1.807, 2.05) is 6.92 Å². The van der Waals surface area contributed by atoms with Crippen molar-refractivity contribution in [2.45, 2.75) is 19.8 Å². The molecule has 0 fully saturated rings. The summed E-state index contributed by atoms with van der Waals surface area (Å²) in [4.78, 5) is 27.8. The SMILES string of the molecule is CCCCOC(=O)ON=NOC(=O)O. The number of carbonyl (C=O) groups is 2. The van der Waals surface area contributed by atoms with Gasteiger partial charge in [-0.1, -0.05) is 13.3 Å². The van der Waals surface area contributed by atoms with Crippen molar-refractivity contribution in [1.82, 2.24) is 0 Å². The van der Waals surface area contributed by atoms with Crippen LogP contribution in [0, 0.1) is 0 Å². The molecule has 0 saturated carbocycles. The minimum absolute atomic E-state index is 0.213. The van der Waals surface area contributed by atoms with Crippen LogP contribution in [0.4, 0.5) is 9.59 Å². The van der Waals surface area contributed by atoms with Crippen molar-refractivity contribution >= 4 is 12.3 Å². The summed E-state index contributed by atoms with van der Waals surface area (Å²) in [6.45, 7) is 2.14. The molecule has 0 amide bonds. The standard InChI is InChI=1S/C6H10N2O6/c1-2-3-4-12-6(11)14-8-7-13-5(9)10/h2-4H2,1H3,(H,9,10). The molecule has 0 spiro atoms. The van der Waals surface area contributed by atoms with E-state index in [1.54, 1.807) is 0 Å². The Morgan fingerprint density at radius 2 is 1.93 bits per heavy atom. The van der Waals surface area contributed by atoms with Crippen LogP contribution in [-0.2, 0) is 14.4 Å². The van der Waals surface area contributed by atoms with Crippen LogP contribution < -0.4 is 0 Å². The molecule has 0 rings (SSSR count). The fraction of sp³-hybridized carbons (Fsp3) is 0.667. The summed E-state index contributed by atoms with van der Waals surface area (Å²) >= 11 is 0. The largest absolute Gasteiger partial charge is 0.536 e. The Kier molecular flexibility index (Phi) is 6.74. The Hall–Kier alpha value is -1.86. The van der Waals surface area contributed by atoms with E-state index < -0.39 is 12.3 Å². The van der Waals surface area contributed by atoms with E-state index in [1.165, 1.54) is 0 Å². The van der Waals surface area contributed by atoms with Crippen LogP contribution in [0.5, 0.6) is 0 Å². The number of hydrogen-bond acceptors (Lipinski definition) is 7. The van der Waals surface area contributed by atoms with Gasteiger partial charge in [0, 0.05) is 0 Å². The van der Waals surface area contributed by atoms with Crippen molar-refractivity contribution in [3.05, 3.63) is 0 Å². The topological polar surface area (TPSA) is 107 Å². The van der Waals surface area contributed by atoms with Crippen molar-refractivity contribution in [2.75, 3.05) is 6.61 Å². The minimum Gasteiger partial charge on any atom is -0.448 e. The lowest BCUT2D eigenvalue weighted by Crippen LogP contribution is -2.04. The van der Waals surface area contributed by atoms with E-state index >= 15 is 0 Å². The molecule has 0 atom stereocenters. The molecule has 0 radical (unpaired) electrons. The lowest BCUT2D eigenvalue weighted by atomic mass is 10.4. The second-order valence-electron chi connectivity index (χ2n) is 2.06. The van der Waals surface area contributed by atoms with Gasteiger partial charge in [-0.15, -0.1) is 0 Å². The zero-order valence-electron chi connectivity index (χ0n) is 7.50. The first-order valence-corrected chi connectivity index (χ1v) is 3.81. The van der Waals surface area contributed by atoms with Crippen molar-refractivity contribution in [1.29, 1.82) is 0 Å². The summed E-state index contributed by atoms with van der Waals surface area (Å²) in [5.41, 5.74) is 0. The van der Waals surface area contributed by atoms with E-state index in [9.17, 15) is 9.59 Å². The number of rotatable bonds is 5. The average Bonchev–Trinajstić information content (AvgIpc) is 2.13. The van der Waals surface area contributed by atoms with Gasteiger partial charge in [0.15, 0.2) is 0 Å². The van der Waals surface area contributed by atoms with Crippen molar-refractivity contribution < 1.29 is 29.1 Å². The van der Waals surface area contributed by atoms with E-state index in [2.05, 4.69) is 25.0 Å². The van der Waals surface area contributed by atoms with Gasteiger partial charge in [0.1, 0.15) is 0 Å². The molecule has 0 aromatic heterocycles. The molecule has 0 aliphatic rings. The summed E-state index contributed by atoms with van der Waals surface area (Å²) in [5, 5.41) is 13.1. The van der Waals surface area contributed by atoms with Gasteiger partial charge in [0.25, 0.3) is 0 Å². The molecule has 1 N–H and O–H groups in total. The molecule has 0 aliphatic heterocycles. The molecule has 0 aliphatic carbocycles. The fourth-order valence-electron chi connectivity index (χ4n) is 0.428. The first-order chi connectivity index (χ1) is 6.66. The molecule has 0 aromatic rings. The molecule has 0 bridgehead atoms. The maximum atomic E-state index is 10.6. The summed E-state index contributed by atoms with van der Waals surface area (Å²) in [6, 6.07) is 0. The maximum Gasteiger partial charge on any atom is 0.536 e. The van der Waals surface area contributed by atoms with Gasteiger partial charge in [-0.25, -0.2) is 9.59 Å². The quantitative estimate of drug-likeness (QED) is 0.318. The number of carbonyl (C=O) groups excluding carboxylic acids is 1. The Morgan fingerprint density at radius 1 is 1.29 bits per heavy atom. The zero-order chi connectivity index (χ0) is 10.8. The Morgan fingerprint density at radius 3 is 2.50 bits per heavy atom. The lowest BCUT2D eigenvalue weighted by Gasteiger charge is -1.98.